The molecule has 102 valence electrons. The molecule has 3 aliphatic rings. The second-order valence-corrected chi connectivity index (χ2v) is 8.12. The minimum Gasteiger partial charge on any atom is -0.301 e. The number of hydrogen-bond donors (Lipinski definition) is 0. The van der Waals surface area contributed by atoms with Crippen molar-refractivity contribution in [2.75, 3.05) is 13.6 Å². The monoisotopic (exact) mass is 255 g/mol. The van der Waals surface area contributed by atoms with Crippen LogP contribution in [0.3, 0.4) is 0 Å². The number of rotatable bonds is 0. The van der Waals surface area contributed by atoms with Crippen molar-refractivity contribution in [2.45, 2.75) is 57.4 Å². The summed E-state index contributed by atoms with van der Waals surface area (Å²) in [6.07, 6.45) is 2.91. The van der Waals surface area contributed by atoms with E-state index in [1.807, 2.05) is 0 Å². The zero-order valence-electron chi connectivity index (χ0n) is 12.7. The second kappa shape index (κ2) is 3.63. The molecule has 0 radical (unpaired) electrons. The molecule has 0 amide bonds. The van der Waals surface area contributed by atoms with Crippen molar-refractivity contribution in [2.24, 2.45) is 5.92 Å². The molecule has 2 aliphatic carbocycles. The van der Waals surface area contributed by atoms with Crippen molar-refractivity contribution in [3.63, 3.8) is 0 Å². The molecule has 1 heteroatoms. The molecule has 0 spiro atoms. The van der Waals surface area contributed by atoms with Crippen LogP contribution in [-0.2, 0) is 12.0 Å². The molecule has 0 bridgehead atoms. The second-order valence-electron chi connectivity index (χ2n) is 8.12. The molecule has 1 nitrogen and oxygen atoms in total. The van der Waals surface area contributed by atoms with E-state index in [2.05, 4.69) is 44.9 Å². The Morgan fingerprint density at radius 2 is 1.95 bits per heavy atom. The maximum atomic E-state index is 2.56. The summed E-state index contributed by atoms with van der Waals surface area (Å²) in [5.74, 6) is 2.74. The lowest BCUT2D eigenvalue weighted by molar-refractivity contribution is 0.264. The summed E-state index contributed by atoms with van der Waals surface area (Å²) in [6.45, 7) is 9.47. The van der Waals surface area contributed by atoms with Gasteiger partial charge in [0.25, 0.3) is 0 Å². The Hall–Kier alpha value is -0.820. The number of nitrogens with zero attached hydrogens (tertiary/aromatic N) is 1. The Balaban J connectivity index is 1.91. The average molecular weight is 255 g/mol. The standard InChI is InChI=1S/C18H25N/c1-18(2,3)14-6-13-10-19(4)9-12-5-11-7-15(11)16(8-14)17(12)13/h6,8,11-12,15H,5,7,9-10H2,1-4H3. The van der Waals surface area contributed by atoms with Crippen LogP contribution < -0.4 is 0 Å². The van der Waals surface area contributed by atoms with Crippen LogP contribution in [0.15, 0.2) is 12.1 Å². The summed E-state index contributed by atoms with van der Waals surface area (Å²) in [7, 11) is 2.28. The highest BCUT2D eigenvalue weighted by molar-refractivity contribution is 5.50. The van der Waals surface area contributed by atoms with Crippen LogP contribution in [0.25, 0.3) is 0 Å². The van der Waals surface area contributed by atoms with Gasteiger partial charge < -0.3 is 4.90 Å². The van der Waals surface area contributed by atoms with E-state index in [9.17, 15) is 0 Å². The largest absolute Gasteiger partial charge is 0.301 e. The summed E-state index contributed by atoms with van der Waals surface area (Å²) in [4.78, 5) is 2.52. The highest BCUT2D eigenvalue weighted by Crippen LogP contribution is 2.59. The van der Waals surface area contributed by atoms with Gasteiger partial charge in [-0.2, -0.15) is 0 Å². The van der Waals surface area contributed by atoms with Crippen LogP contribution >= 0.6 is 0 Å². The van der Waals surface area contributed by atoms with Gasteiger partial charge >= 0.3 is 0 Å². The zero-order valence-corrected chi connectivity index (χ0v) is 12.7. The molecule has 1 heterocycles. The van der Waals surface area contributed by atoms with Crippen LogP contribution in [-0.4, -0.2) is 18.5 Å². The van der Waals surface area contributed by atoms with Crippen molar-refractivity contribution in [1.82, 2.24) is 4.90 Å². The first kappa shape index (κ1) is 12.0. The third kappa shape index (κ3) is 1.78. The predicted octanol–water partition coefficient (Wildman–Crippen LogP) is 4.02. The molecule has 1 aromatic carbocycles. The van der Waals surface area contributed by atoms with Gasteiger partial charge in [0.2, 0.25) is 0 Å². The maximum absolute atomic E-state index is 2.56. The highest BCUT2D eigenvalue weighted by Gasteiger charge is 2.47. The van der Waals surface area contributed by atoms with Crippen molar-refractivity contribution in [3.05, 3.63) is 34.4 Å². The third-order valence-corrected chi connectivity index (χ3v) is 5.45. The minimum atomic E-state index is 0.277. The number of likely N-dealkylation sites (N-methyl/N-ethyl adjacent to an activating group) is 1. The van der Waals surface area contributed by atoms with E-state index in [4.69, 9.17) is 0 Å². The lowest BCUT2D eigenvalue weighted by atomic mass is 9.74. The Morgan fingerprint density at radius 1 is 1.16 bits per heavy atom. The molecule has 1 aliphatic heterocycles. The van der Waals surface area contributed by atoms with Gasteiger partial charge in [0.1, 0.15) is 0 Å². The molecule has 3 unspecified atom stereocenters. The van der Waals surface area contributed by atoms with Gasteiger partial charge in [-0.3, -0.25) is 0 Å². The Morgan fingerprint density at radius 3 is 2.68 bits per heavy atom. The number of hydrogen-bond acceptors (Lipinski definition) is 1. The van der Waals surface area contributed by atoms with Gasteiger partial charge in [0.05, 0.1) is 0 Å². The van der Waals surface area contributed by atoms with Gasteiger partial charge in [-0.15, -0.1) is 0 Å². The number of benzene rings is 1. The van der Waals surface area contributed by atoms with E-state index in [0.29, 0.717) is 0 Å². The van der Waals surface area contributed by atoms with E-state index in [1.165, 1.54) is 19.4 Å². The normalized spacial score (nSPS) is 32.7. The van der Waals surface area contributed by atoms with E-state index in [0.717, 1.165) is 24.3 Å². The summed E-state index contributed by atoms with van der Waals surface area (Å²) in [5.41, 5.74) is 6.94. The minimum absolute atomic E-state index is 0.277. The fourth-order valence-corrected chi connectivity index (χ4v) is 4.38. The Labute approximate surface area is 117 Å². The van der Waals surface area contributed by atoms with Gasteiger partial charge in [0.15, 0.2) is 0 Å². The Kier molecular flexibility index (Phi) is 2.29. The molecule has 0 N–H and O–H groups in total. The zero-order chi connectivity index (χ0) is 13.4. The average Bonchev–Trinajstić information content (AvgIpc) is 3.06. The van der Waals surface area contributed by atoms with Crippen LogP contribution in [0.2, 0.25) is 0 Å². The summed E-state index contributed by atoms with van der Waals surface area (Å²) in [5, 5.41) is 0. The predicted molar refractivity (Wildman–Crippen MR) is 79.7 cm³/mol. The summed E-state index contributed by atoms with van der Waals surface area (Å²) < 4.78 is 0. The van der Waals surface area contributed by atoms with Gasteiger partial charge in [-0.1, -0.05) is 32.9 Å². The molecular formula is C18H25N. The van der Waals surface area contributed by atoms with Crippen molar-refractivity contribution < 1.29 is 0 Å². The molecule has 4 rings (SSSR count). The molecule has 0 aromatic heterocycles. The molecule has 3 atom stereocenters. The highest BCUT2D eigenvalue weighted by atomic mass is 15.1. The maximum Gasteiger partial charge on any atom is 0.0233 e. The molecule has 1 aromatic rings. The van der Waals surface area contributed by atoms with E-state index < -0.39 is 0 Å². The van der Waals surface area contributed by atoms with Gasteiger partial charge in [0, 0.05) is 13.1 Å². The lowest BCUT2D eigenvalue weighted by Gasteiger charge is -2.38. The van der Waals surface area contributed by atoms with Crippen molar-refractivity contribution in [1.29, 1.82) is 0 Å². The first-order chi connectivity index (χ1) is 8.93. The summed E-state index contributed by atoms with van der Waals surface area (Å²) >= 11 is 0. The Bertz CT molecular complexity index is 533. The first-order valence-electron chi connectivity index (χ1n) is 7.79. The van der Waals surface area contributed by atoms with Crippen LogP contribution in [0.5, 0.6) is 0 Å². The topological polar surface area (TPSA) is 3.24 Å². The molecule has 1 fully saturated rings. The molecule has 0 saturated heterocycles. The van der Waals surface area contributed by atoms with Gasteiger partial charge in [-0.05, 0) is 65.3 Å². The quantitative estimate of drug-likeness (QED) is 0.677. The third-order valence-electron chi connectivity index (χ3n) is 5.45. The lowest BCUT2D eigenvalue weighted by Crippen LogP contribution is -2.33. The smallest absolute Gasteiger partial charge is 0.0233 e. The van der Waals surface area contributed by atoms with Crippen LogP contribution in [0.1, 0.15) is 67.7 Å². The molecular weight excluding hydrogens is 230 g/mol. The number of fused-ring (bicyclic) bond motifs is 2. The SMILES string of the molecule is CN1Cc2cc(C(C)(C)C)cc3c2C(CC2CC32)C1. The molecule has 1 saturated carbocycles. The molecule has 19 heavy (non-hydrogen) atoms. The van der Waals surface area contributed by atoms with E-state index in [1.54, 1.807) is 22.3 Å². The first-order valence-corrected chi connectivity index (χ1v) is 7.79. The fourth-order valence-electron chi connectivity index (χ4n) is 4.38. The fraction of sp³-hybridized carbons (Fsp3) is 0.667. The van der Waals surface area contributed by atoms with Crippen molar-refractivity contribution in [3.8, 4) is 0 Å². The van der Waals surface area contributed by atoms with Crippen LogP contribution in [0.4, 0.5) is 0 Å². The van der Waals surface area contributed by atoms with E-state index in [-0.39, 0.29) is 5.41 Å². The van der Waals surface area contributed by atoms with Crippen molar-refractivity contribution >= 4 is 0 Å². The summed E-state index contributed by atoms with van der Waals surface area (Å²) in [6, 6.07) is 5.06. The van der Waals surface area contributed by atoms with Crippen LogP contribution in [0, 0.1) is 5.92 Å². The van der Waals surface area contributed by atoms with E-state index >= 15 is 0 Å². The van der Waals surface area contributed by atoms with Gasteiger partial charge in [-0.25, -0.2) is 0 Å².